The quantitative estimate of drug-likeness (QED) is 0.360. The third-order valence-electron chi connectivity index (χ3n) is 6.50. The second kappa shape index (κ2) is 9.46. The first kappa shape index (κ1) is 22.4. The number of nitrogen functional groups attached to an aromatic ring is 1. The molecule has 4 aromatic rings. The van der Waals surface area contributed by atoms with Crippen molar-refractivity contribution in [2.45, 2.75) is 18.8 Å². The lowest BCUT2D eigenvalue weighted by molar-refractivity contribution is 0.265. The molecule has 0 aliphatic carbocycles. The Labute approximate surface area is 205 Å². The molecular weight excluding hydrogens is 434 g/mol. The molecule has 1 saturated heterocycles. The van der Waals surface area contributed by atoms with Crippen molar-refractivity contribution in [3.63, 3.8) is 0 Å². The molecule has 176 valence electrons. The van der Waals surface area contributed by atoms with E-state index in [-0.39, 0.29) is 5.92 Å². The van der Waals surface area contributed by atoms with Crippen LogP contribution >= 0.6 is 0 Å². The largest absolute Gasteiger partial charge is 0.371 e. The maximum Gasteiger partial charge on any atom is 0.206 e. The van der Waals surface area contributed by atoms with Crippen molar-refractivity contribution in [3.05, 3.63) is 104 Å². The molecule has 1 aromatic carbocycles. The van der Waals surface area contributed by atoms with Crippen molar-refractivity contribution in [1.29, 1.82) is 0 Å². The van der Waals surface area contributed by atoms with E-state index in [2.05, 4.69) is 39.9 Å². The number of likely N-dealkylation sites (tertiary alicyclic amines) is 1. The van der Waals surface area contributed by atoms with E-state index in [1.54, 1.807) is 12.4 Å². The van der Waals surface area contributed by atoms with Crippen LogP contribution < -0.4 is 11.1 Å². The van der Waals surface area contributed by atoms with Crippen molar-refractivity contribution >= 4 is 23.0 Å². The fourth-order valence-electron chi connectivity index (χ4n) is 4.65. The number of benzene rings is 1. The summed E-state index contributed by atoms with van der Waals surface area (Å²) >= 11 is 0. The van der Waals surface area contributed by atoms with Crippen molar-refractivity contribution in [3.8, 4) is 11.4 Å². The van der Waals surface area contributed by atoms with Crippen LogP contribution in [0.4, 0.5) is 11.8 Å². The zero-order valence-corrected chi connectivity index (χ0v) is 19.7. The van der Waals surface area contributed by atoms with E-state index in [4.69, 9.17) is 10.7 Å². The van der Waals surface area contributed by atoms with Crippen LogP contribution in [0.2, 0.25) is 0 Å². The predicted molar refractivity (Wildman–Crippen MR) is 143 cm³/mol. The lowest BCUT2D eigenvalue weighted by Gasteiger charge is -2.34. The van der Waals surface area contributed by atoms with Gasteiger partial charge >= 0.3 is 0 Å². The molecule has 0 amide bonds. The average Bonchev–Trinajstić information content (AvgIpc) is 3.30. The molecule has 0 spiro atoms. The minimum atomic E-state index is 0.271. The highest BCUT2D eigenvalue weighted by Gasteiger charge is 2.27. The highest BCUT2D eigenvalue weighted by Crippen LogP contribution is 2.34. The maximum absolute atomic E-state index is 6.34. The van der Waals surface area contributed by atoms with E-state index in [0.29, 0.717) is 5.95 Å². The minimum absolute atomic E-state index is 0.271. The van der Waals surface area contributed by atoms with Crippen molar-refractivity contribution in [2.75, 3.05) is 24.1 Å². The van der Waals surface area contributed by atoms with Crippen LogP contribution in [-0.2, 0) is 0 Å². The summed E-state index contributed by atoms with van der Waals surface area (Å²) in [6.45, 7) is 14.0. The molecule has 1 aliphatic heterocycles. The lowest BCUT2D eigenvalue weighted by Crippen LogP contribution is -2.33. The highest BCUT2D eigenvalue weighted by atomic mass is 15.2. The number of fused-ring (bicyclic) bond motifs is 1. The summed E-state index contributed by atoms with van der Waals surface area (Å²) in [5, 5.41) is 3.25. The number of nitrogens with two attached hydrogens (primary N) is 1. The summed E-state index contributed by atoms with van der Waals surface area (Å²) in [5.74, 6) is 2.23. The van der Waals surface area contributed by atoms with Crippen molar-refractivity contribution < 1.29 is 0 Å². The summed E-state index contributed by atoms with van der Waals surface area (Å²) in [4.78, 5) is 16.0. The van der Waals surface area contributed by atoms with Gasteiger partial charge < -0.3 is 16.0 Å². The van der Waals surface area contributed by atoms with Crippen LogP contribution in [0.15, 0.2) is 92.4 Å². The Bertz CT molecular complexity index is 1390. The summed E-state index contributed by atoms with van der Waals surface area (Å²) in [5.41, 5.74) is 12.0. The standard InChI is InChI=1S/C28H29N7/c1-4-19(2)34-17-7-8-23(18-34)26-24-14-16-31-28(29)35(24)27(33-26)22-12-10-21(11-13-22)20(3)32-25-9-5-6-15-30-25/h4-6,9-16,23H,1-3,7-8,17-18H2,(H2,29,31)(H,30,32). The Morgan fingerprint density at radius 2 is 1.89 bits per heavy atom. The summed E-state index contributed by atoms with van der Waals surface area (Å²) in [7, 11) is 0. The molecule has 3 aromatic heterocycles. The van der Waals surface area contributed by atoms with Crippen LogP contribution in [0.1, 0.15) is 30.0 Å². The molecule has 4 heterocycles. The number of hydrogen-bond donors (Lipinski definition) is 2. The molecule has 1 unspecified atom stereocenters. The SMILES string of the molecule is C=CC(=C)N1CCCC(c2nc(-c3ccc(C(=C)Nc4ccccn4)cc3)n3c(N)nccc23)C1. The first-order valence-electron chi connectivity index (χ1n) is 11.7. The smallest absolute Gasteiger partial charge is 0.206 e. The summed E-state index contributed by atoms with van der Waals surface area (Å²) in [6.07, 6.45) is 7.45. The number of imidazole rings is 1. The van der Waals surface area contributed by atoms with Crippen LogP contribution in [0.5, 0.6) is 0 Å². The molecule has 3 N–H and O–H groups in total. The van der Waals surface area contributed by atoms with Gasteiger partial charge in [0.05, 0.1) is 11.2 Å². The second-order valence-electron chi connectivity index (χ2n) is 8.72. The molecule has 1 aliphatic rings. The minimum Gasteiger partial charge on any atom is -0.371 e. The third kappa shape index (κ3) is 4.40. The molecule has 0 saturated carbocycles. The molecule has 5 rings (SSSR count). The Morgan fingerprint density at radius 3 is 2.63 bits per heavy atom. The fraction of sp³-hybridized carbons (Fsp3) is 0.179. The number of rotatable bonds is 7. The number of anilines is 2. The molecule has 7 heteroatoms. The van der Waals surface area contributed by atoms with E-state index in [9.17, 15) is 0 Å². The van der Waals surface area contributed by atoms with Gasteiger partial charge in [-0.15, -0.1) is 0 Å². The van der Waals surface area contributed by atoms with Gasteiger partial charge in [-0.3, -0.25) is 4.40 Å². The molecular formula is C28H29N7. The molecule has 1 fully saturated rings. The number of piperidine rings is 1. The average molecular weight is 464 g/mol. The Kier molecular flexibility index (Phi) is 6.06. The molecule has 35 heavy (non-hydrogen) atoms. The Balaban J connectivity index is 1.47. The van der Waals surface area contributed by atoms with Gasteiger partial charge in [-0.2, -0.15) is 0 Å². The van der Waals surface area contributed by atoms with Crippen LogP contribution in [0.3, 0.4) is 0 Å². The zero-order valence-electron chi connectivity index (χ0n) is 19.7. The number of allylic oxidation sites excluding steroid dienone is 1. The maximum atomic E-state index is 6.34. The summed E-state index contributed by atoms with van der Waals surface area (Å²) in [6, 6.07) is 15.9. The Morgan fingerprint density at radius 1 is 1.06 bits per heavy atom. The van der Waals surface area contributed by atoms with Gasteiger partial charge in [0.25, 0.3) is 0 Å². The normalized spacial score (nSPS) is 15.7. The fourth-order valence-corrected chi connectivity index (χ4v) is 4.65. The predicted octanol–water partition coefficient (Wildman–Crippen LogP) is 5.34. The third-order valence-corrected chi connectivity index (χ3v) is 6.50. The molecule has 0 bridgehead atoms. The second-order valence-corrected chi connectivity index (χ2v) is 8.72. The summed E-state index contributed by atoms with van der Waals surface area (Å²) < 4.78 is 1.95. The van der Waals surface area contributed by atoms with Crippen LogP contribution in [-0.4, -0.2) is 37.3 Å². The van der Waals surface area contributed by atoms with Gasteiger partial charge in [0.2, 0.25) is 5.95 Å². The van der Waals surface area contributed by atoms with E-state index in [1.165, 1.54) is 0 Å². The van der Waals surface area contributed by atoms with Gasteiger partial charge in [0.15, 0.2) is 0 Å². The molecule has 0 radical (unpaired) electrons. The first-order chi connectivity index (χ1) is 17.0. The first-order valence-corrected chi connectivity index (χ1v) is 11.7. The lowest BCUT2D eigenvalue weighted by atomic mass is 9.94. The van der Waals surface area contributed by atoms with E-state index in [0.717, 1.165) is 71.3 Å². The van der Waals surface area contributed by atoms with Gasteiger partial charge in [0, 0.05) is 48.4 Å². The number of hydrogen-bond acceptors (Lipinski definition) is 6. The van der Waals surface area contributed by atoms with Gasteiger partial charge in [-0.05, 0) is 42.7 Å². The monoisotopic (exact) mass is 463 g/mol. The van der Waals surface area contributed by atoms with E-state index < -0.39 is 0 Å². The topological polar surface area (TPSA) is 84.4 Å². The Hall–Kier alpha value is -4.39. The van der Waals surface area contributed by atoms with Crippen molar-refractivity contribution in [1.82, 2.24) is 24.3 Å². The van der Waals surface area contributed by atoms with E-state index >= 15 is 0 Å². The number of aromatic nitrogens is 4. The molecule has 7 nitrogen and oxygen atoms in total. The van der Waals surface area contributed by atoms with Crippen LogP contribution in [0.25, 0.3) is 22.6 Å². The van der Waals surface area contributed by atoms with Crippen molar-refractivity contribution in [2.24, 2.45) is 0 Å². The number of nitrogens with zero attached hydrogens (tertiary/aromatic N) is 5. The number of nitrogens with one attached hydrogen (secondary N) is 1. The van der Waals surface area contributed by atoms with Gasteiger partial charge in [0.1, 0.15) is 11.6 Å². The number of pyridine rings is 1. The van der Waals surface area contributed by atoms with E-state index in [1.807, 2.05) is 59.0 Å². The zero-order chi connectivity index (χ0) is 24.4. The highest BCUT2D eigenvalue weighted by molar-refractivity contribution is 5.76. The van der Waals surface area contributed by atoms with Crippen LogP contribution in [0, 0.1) is 0 Å². The van der Waals surface area contributed by atoms with Gasteiger partial charge in [-0.25, -0.2) is 15.0 Å². The van der Waals surface area contributed by atoms with Gasteiger partial charge in [-0.1, -0.05) is 50.1 Å². The molecule has 1 atom stereocenters.